The summed E-state index contributed by atoms with van der Waals surface area (Å²) in [5.41, 5.74) is 5.33. The highest BCUT2D eigenvalue weighted by Crippen LogP contribution is 2.24. The zero-order chi connectivity index (χ0) is 19.4. The van der Waals surface area contributed by atoms with Gasteiger partial charge < -0.3 is 10.1 Å². The maximum absolute atomic E-state index is 11.9. The van der Waals surface area contributed by atoms with Crippen LogP contribution < -0.4 is 5.32 Å². The highest BCUT2D eigenvalue weighted by molar-refractivity contribution is 5.91. The molecule has 0 fully saturated rings. The summed E-state index contributed by atoms with van der Waals surface area (Å²) >= 11 is 0. The Hall–Kier alpha value is -2.66. The Morgan fingerprint density at radius 3 is 2.59 bits per heavy atom. The van der Waals surface area contributed by atoms with Gasteiger partial charge in [-0.2, -0.15) is 0 Å². The molecule has 1 aliphatic heterocycles. The summed E-state index contributed by atoms with van der Waals surface area (Å²) in [7, 11) is 1.42. The molecule has 0 bridgehead atoms. The van der Waals surface area contributed by atoms with Crippen molar-refractivity contribution in [3.05, 3.63) is 70.3 Å². The maximum Gasteiger partial charge on any atom is 0.338 e. The smallest absolute Gasteiger partial charge is 0.338 e. The Morgan fingerprint density at radius 1 is 1.19 bits per heavy atom. The highest BCUT2D eigenvalue weighted by atomic mass is 16.5. The molecule has 1 atom stereocenters. The number of nitrogens with zero attached hydrogens (tertiary/aromatic N) is 1. The molecule has 2 aromatic rings. The van der Waals surface area contributed by atoms with E-state index < -0.39 is 0 Å². The largest absolute Gasteiger partial charge is 0.465 e. The van der Waals surface area contributed by atoms with E-state index in [-0.39, 0.29) is 17.9 Å². The standard InChI is InChI=1S/C22H26N2O3/c1-15(23-16(2)25)18-9-7-17(8-10-18)13-24-12-11-20-19(14-24)5-4-6-21(20)22(26)27-3/h4-10,15H,11-14H2,1-3H3,(H,23,25). The number of hydrogen-bond donors (Lipinski definition) is 1. The van der Waals surface area contributed by atoms with Crippen molar-refractivity contribution in [3.63, 3.8) is 0 Å². The number of fused-ring (bicyclic) bond motifs is 1. The summed E-state index contributed by atoms with van der Waals surface area (Å²) in [6.07, 6.45) is 0.845. The number of amides is 1. The summed E-state index contributed by atoms with van der Waals surface area (Å²) in [6, 6.07) is 14.2. The third-order valence-electron chi connectivity index (χ3n) is 5.06. The Morgan fingerprint density at radius 2 is 1.93 bits per heavy atom. The van der Waals surface area contributed by atoms with Crippen LogP contribution in [0.2, 0.25) is 0 Å². The second-order valence-corrected chi connectivity index (χ2v) is 7.06. The van der Waals surface area contributed by atoms with E-state index in [2.05, 4.69) is 40.5 Å². The average molecular weight is 366 g/mol. The lowest BCUT2D eigenvalue weighted by molar-refractivity contribution is -0.119. The Labute approximate surface area is 160 Å². The van der Waals surface area contributed by atoms with E-state index in [1.54, 1.807) is 0 Å². The van der Waals surface area contributed by atoms with Gasteiger partial charge in [-0.25, -0.2) is 4.79 Å². The minimum absolute atomic E-state index is 0.00940. The van der Waals surface area contributed by atoms with Crippen LogP contribution in [-0.2, 0) is 29.0 Å². The first-order valence-corrected chi connectivity index (χ1v) is 9.25. The number of esters is 1. The van der Waals surface area contributed by atoms with Gasteiger partial charge in [0.1, 0.15) is 0 Å². The van der Waals surface area contributed by atoms with Crippen molar-refractivity contribution in [1.82, 2.24) is 10.2 Å². The molecule has 0 saturated carbocycles. The number of carbonyl (C=O) groups is 2. The molecule has 1 unspecified atom stereocenters. The van der Waals surface area contributed by atoms with Gasteiger partial charge in [0.05, 0.1) is 18.7 Å². The molecule has 0 radical (unpaired) electrons. The van der Waals surface area contributed by atoms with E-state index in [0.717, 1.165) is 37.2 Å². The van der Waals surface area contributed by atoms with Crippen LogP contribution in [0.4, 0.5) is 0 Å². The summed E-state index contributed by atoms with van der Waals surface area (Å²) in [5.74, 6) is -0.283. The van der Waals surface area contributed by atoms with Crippen molar-refractivity contribution in [2.75, 3.05) is 13.7 Å². The second-order valence-electron chi connectivity index (χ2n) is 7.06. The van der Waals surface area contributed by atoms with Crippen LogP contribution in [0.25, 0.3) is 0 Å². The van der Waals surface area contributed by atoms with Gasteiger partial charge in [0.25, 0.3) is 0 Å². The van der Waals surface area contributed by atoms with E-state index in [1.165, 1.54) is 25.2 Å². The van der Waals surface area contributed by atoms with Gasteiger partial charge in [-0.1, -0.05) is 36.4 Å². The van der Waals surface area contributed by atoms with E-state index in [4.69, 9.17) is 4.74 Å². The van der Waals surface area contributed by atoms with Crippen LogP contribution in [0.1, 0.15) is 52.5 Å². The first-order chi connectivity index (χ1) is 13.0. The molecule has 1 N–H and O–H groups in total. The van der Waals surface area contributed by atoms with Crippen molar-refractivity contribution in [3.8, 4) is 0 Å². The lowest BCUT2D eigenvalue weighted by atomic mass is 9.94. The molecule has 1 aliphatic rings. The van der Waals surface area contributed by atoms with E-state index >= 15 is 0 Å². The molecule has 5 heteroatoms. The fourth-order valence-corrected chi connectivity index (χ4v) is 3.66. The molecular weight excluding hydrogens is 340 g/mol. The number of hydrogen-bond acceptors (Lipinski definition) is 4. The van der Waals surface area contributed by atoms with E-state index in [9.17, 15) is 9.59 Å². The predicted octanol–water partition coefficient (Wildman–Crippen LogP) is 3.23. The topological polar surface area (TPSA) is 58.6 Å². The number of carbonyl (C=O) groups excluding carboxylic acids is 2. The number of nitrogens with one attached hydrogen (secondary N) is 1. The lowest BCUT2D eigenvalue weighted by Crippen LogP contribution is -2.31. The Bertz CT molecular complexity index is 830. The third-order valence-corrected chi connectivity index (χ3v) is 5.06. The predicted molar refractivity (Wildman–Crippen MR) is 104 cm³/mol. The molecule has 142 valence electrons. The summed E-state index contributed by atoms with van der Waals surface area (Å²) in [4.78, 5) is 25.5. The molecule has 27 heavy (non-hydrogen) atoms. The summed E-state index contributed by atoms with van der Waals surface area (Å²) in [6.45, 7) is 6.10. The number of methoxy groups -OCH3 is 1. The van der Waals surface area contributed by atoms with Gasteiger partial charge in [0, 0.05) is 26.6 Å². The fourth-order valence-electron chi connectivity index (χ4n) is 3.66. The van der Waals surface area contributed by atoms with Gasteiger partial charge in [-0.15, -0.1) is 0 Å². The first kappa shape index (κ1) is 19.1. The summed E-state index contributed by atoms with van der Waals surface area (Å²) < 4.78 is 4.90. The van der Waals surface area contributed by atoms with Gasteiger partial charge in [-0.05, 0) is 41.7 Å². The molecule has 0 aliphatic carbocycles. The molecule has 1 heterocycles. The van der Waals surface area contributed by atoms with Crippen molar-refractivity contribution in [1.29, 1.82) is 0 Å². The number of ether oxygens (including phenoxy) is 1. The minimum atomic E-state index is -0.260. The summed E-state index contributed by atoms with van der Waals surface area (Å²) in [5, 5.41) is 2.90. The molecule has 3 rings (SSSR count). The van der Waals surface area contributed by atoms with E-state index in [1.807, 2.05) is 19.1 Å². The van der Waals surface area contributed by atoms with Gasteiger partial charge in [0.2, 0.25) is 5.91 Å². The van der Waals surface area contributed by atoms with Crippen molar-refractivity contribution in [2.24, 2.45) is 0 Å². The molecule has 0 spiro atoms. The van der Waals surface area contributed by atoms with Gasteiger partial charge in [0.15, 0.2) is 0 Å². The maximum atomic E-state index is 11.9. The van der Waals surface area contributed by atoms with E-state index in [0.29, 0.717) is 5.56 Å². The molecular formula is C22H26N2O3. The average Bonchev–Trinajstić information content (AvgIpc) is 2.66. The van der Waals surface area contributed by atoms with Crippen LogP contribution in [0, 0.1) is 0 Å². The fraction of sp³-hybridized carbons (Fsp3) is 0.364. The quantitative estimate of drug-likeness (QED) is 0.826. The van der Waals surface area contributed by atoms with Gasteiger partial charge in [-0.3, -0.25) is 9.69 Å². The molecule has 2 aromatic carbocycles. The highest BCUT2D eigenvalue weighted by Gasteiger charge is 2.21. The minimum Gasteiger partial charge on any atom is -0.465 e. The molecule has 0 aromatic heterocycles. The van der Waals surface area contributed by atoms with Crippen molar-refractivity contribution in [2.45, 2.75) is 39.4 Å². The first-order valence-electron chi connectivity index (χ1n) is 9.25. The van der Waals surface area contributed by atoms with Crippen LogP contribution in [-0.4, -0.2) is 30.4 Å². The molecule has 0 saturated heterocycles. The molecule has 1 amide bonds. The zero-order valence-electron chi connectivity index (χ0n) is 16.1. The second kappa shape index (κ2) is 8.35. The van der Waals surface area contributed by atoms with Gasteiger partial charge >= 0.3 is 5.97 Å². The molecule has 5 nitrogen and oxygen atoms in total. The number of rotatable bonds is 5. The normalized spacial score (nSPS) is 14.9. The van der Waals surface area contributed by atoms with Crippen LogP contribution in [0.3, 0.4) is 0 Å². The Kier molecular flexibility index (Phi) is 5.91. The van der Waals surface area contributed by atoms with Crippen molar-refractivity contribution < 1.29 is 14.3 Å². The monoisotopic (exact) mass is 366 g/mol. The SMILES string of the molecule is COC(=O)c1cccc2c1CCN(Cc1ccc(C(C)NC(C)=O)cc1)C2. The van der Waals surface area contributed by atoms with Crippen LogP contribution in [0.5, 0.6) is 0 Å². The van der Waals surface area contributed by atoms with Crippen molar-refractivity contribution >= 4 is 11.9 Å². The lowest BCUT2D eigenvalue weighted by Gasteiger charge is -2.29. The van der Waals surface area contributed by atoms with Crippen LogP contribution in [0.15, 0.2) is 42.5 Å². The number of benzene rings is 2. The third kappa shape index (κ3) is 4.55. The Balaban J connectivity index is 1.67. The van der Waals surface area contributed by atoms with Crippen LogP contribution >= 0.6 is 0 Å². The zero-order valence-corrected chi connectivity index (χ0v) is 16.1.